The zero-order chi connectivity index (χ0) is 9.90. The van der Waals surface area contributed by atoms with E-state index in [0.717, 1.165) is 0 Å². The largest absolute Gasteiger partial charge is 0.384 e. The van der Waals surface area contributed by atoms with Gasteiger partial charge < -0.3 is 0 Å². The van der Waals surface area contributed by atoms with Crippen LogP contribution in [0, 0.1) is 0 Å². The maximum Gasteiger partial charge on any atom is 0.384 e. The van der Waals surface area contributed by atoms with Crippen molar-refractivity contribution in [3.8, 4) is 0 Å². The number of hydrazone groups is 1. The molecule has 0 fully saturated rings. The standard InChI is InChI=1S/C8H12N4O/c1-12(2,9)8(13)7-5-3-4-6-10-11-7/h3-6H,9H2,1-2H3/p+1. The average Bonchev–Trinajstić information content (AvgIpc) is 2.28. The summed E-state index contributed by atoms with van der Waals surface area (Å²) < 4.78 is -0.259. The molecular formula is C8H13N4O+. The number of hydrogen-bond acceptors (Lipinski definition) is 4. The summed E-state index contributed by atoms with van der Waals surface area (Å²) in [5, 5.41) is 3.84. The summed E-state index contributed by atoms with van der Waals surface area (Å²) in [7, 11) is 3.19. The fourth-order valence-corrected chi connectivity index (χ4v) is 0.804. The first-order chi connectivity index (χ1) is 6.02. The molecule has 0 aromatic rings. The minimum Gasteiger partial charge on any atom is -0.285 e. The normalized spacial score (nSPS) is 16.1. The third-order valence-corrected chi connectivity index (χ3v) is 1.46. The highest BCUT2D eigenvalue weighted by atomic mass is 16.2. The van der Waals surface area contributed by atoms with E-state index >= 15 is 0 Å². The Morgan fingerprint density at radius 1 is 1.54 bits per heavy atom. The van der Waals surface area contributed by atoms with Gasteiger partial charge in [0, 0.05) is 6.20 Å². The number of rotatable bonds is 1. The van der Waals surface area contributed by atoms with Gasteiger partial charge in [-0.2, -0.15) is 15.5 Å². The van der Waals surface area contributed by atoms with Crippen LogP contribution in [0.15, 0.2) is 29.5 Å². The van der Waals surface area contributed by atoms with Gasteiger partial charge in [0.05, 0.1) is 14.1 Å². The van der Waals surface area contributed by atoms with E-state index in [4.69, 9.17) is 5.84 Å². The van der Waals surface area contributed by atoms with Crippen LogP contribution in [0.2, 0.25) is 0 Å². The fourth-order valence-electron chi connectivity index (χ4n) is 0.804. The Hall–Kier alpha value is -1.46. The van der Waals surface area contributed by atoms with Gasteiger partial charge in [-0.15, -0.1) is 0 Å². The molecule has 0 radical (unpaired) electrons. The SMILES string of the molecule is C[N+](C)(N)C(=O)C1=NNC=CC=C1. The number of carbonyl (C=O) groups excluding carboxylic acids is 1. The molecule has 0 aromatic heterocycles. The molecule has 0 atom stereocenters. The van der Waals surface area contributed by atoms with Gasteiger partial charge in [0.2, 0.25) is 0 Å². The zero-order valence-corrected chi connectivity index (χ0v) is 7.69. The highest BCUT2D eigenvalue weighted by molar-refractivity contribution is 6.40. The Balaban J connectivity index is 2.84. The summed E-state index contributed by atoms with van der Waals surface area (Å²) in [6.45, 7) is 0. The second kappa shape index (κ2) is 3.51. The maximum absolute atomic E-state index is 11.6. The Bertz CT molecular complexity index is 296. The molecule has 3 N–H and O–H groups in total. The first kappa shape index (κ1) is 9.63. The van der Waals surface area contributed by atoms with Gasteiger partial charge >= 0.3 is 5.91 Å². The lowest BCUT2D eigenvalue weighted by Crippen LogP contribution is -2.54. The number of nitrogens with one attached hydrogen (secondary N) is 1. The molecule has 0 bridgehead atoms. The monoisotopic (exact) mass is 181 g/mol. The quantitative estimate of drug-likeness (QED) is 0.248. The second-order valence-corrected chi connectivity index (χ2v) is 3.19. The van der Waals surface area contributed by atoms with Crippen LogP contribution in [0.1, 0.15) is 0 Å². The molecule has 5 heteroatoms. The topological polar surface area (TPSA) is 67.5 Å². The molecule has 0 aliphatic carbocycles. The molecule has 1 amide bonds. The van der Waals surface area contributed by atoms with E-state index in [0.29, 0.717) is 5.71 Å². The van der Waals surface area contributed by atoms with Crippen molar-refractivity contribution in [2.45, 2.75) is 0 Å². The molecule has 1 rings (SSSR count). The van der Waals surface area contributed by atoms with Gasteiger partial charge in [0.1, 0.15) is 0 Å². The number of quaternary nitrogens is 1. The number of allylic oxidation sites excluding steroid dienone is 2. The number of amides is 1. The fraction of sp³-hybridized carbons (Fsp3) is 0.250. The van der Waals surface area contributed by atoms with Crippen LogP contribution in [0.3, 0.4) is 0 Å². The first-order valence-electron chi connectivity index (χ1n) is 3.85. The number of nitrogens with two attached hydrogens (primary N) is 1. The molecule has 0 saturated carbocycles. The second-order valence-electron chi connectivity index (χ2n) is 3.19. The molecule has 1 aliphatic rings. The van der Waals surface area contributed by atoms with Gasteiger partial charge in [0.15, 0.2) is 5.71 Å². The third-order valence-electron chi connectivity index (χ3n) is 1.46. The van der Waals surface area contributed by atoms with E-state index in [2.05, 4.69) is 10.5 Å². The van der Waals surface area contributed by atoms with Gasteiger partial charge in [-0.25, -0.2) is 4.79 Å². The van der Waals surface area contributed by atoms with Gasteiger partial charge in [-0.05, 0) is 12.2 Å². The Morgan fingerprint density at radius 3 is 2.85 bits per heavy atom. The molecular weight excluding hydrogens is 168 g/mol. The maximum atomic E-state index is 11.6. The summed E-state index contributed by atoms with van der Waals surface area (Å²) >= 11 is 0. The molecule has 70 valence electrons. The van der Waals surface area contributed by atoms with E-state index < -0.39 is 0 Å². The molecule has 13 heavy (non-hydrogen) atoms. The van der Waals surface area contributed by atoms with Crippen molar-refractivity contribution < 1.29 is 9.39 Å². The van der Waals surface area contributed by atoms with Crippen LogP contribution in [-0.4, -0.2) is 30.3 Å². The molecule has 0 aromatic carbocycles. The number of hydrogen-bond donors (Lipinski definition) is 2. The van der Waals surface area contributed by atoms with Crippen molar-refractivity contribution in [2.75, 3.05) is 14.1 Å². The first-order valence-corrected chi connectivity index (χ1v) is 3.85. The lowest BCUT2D eigenvalue weighted by molar-refractivity contribution is -0.821. The van der Waals surface area contributed by atoms with E-state index in [9.17, 15) is 4.79 Å². The van der Waals surface area contributed by atoms with E-state index in [1.54, 1.807) is 38.5 Å². The van der Waals surface area contributed by atoms with Crippen molar-refractivity contribution in [3.63, 3.8) is 0 Å². The number of carbonyl (C=O) groups is 1. The van der Waals surface area contributed by atoms with E-state index in [1.165, 1.54) is 0 Å². The lowest BCUT2D eigenvalue weighted by atomic mass is 10.3. The molecule has 5 nitrogen and oxygen atoms in total. The number of nitrogens with zero attached hydrogens (tertiary/aromatic N) is 2. The highest BCUT2D eigenvalue weighted by Gasteiger charge is 2.26. The summed E-state index contributed by atoms with van der Waals surface area (Å²) in [4.78, 5) is 11.6. The smallest absolute Gasteiger partial charge is 0.285 e. The van der Waals surface area contributed by atoms with E-state index in [1.807, 2.05) is 0 Å². The van der Waals surface area contributed by atoms with Crippen LogP contribution in [0.4, 0.5) is 0 Å². The lowest BCUT2D eigenvalue weighted by Gasteiger charge is -2.18. The summed E-state index contributed by atoms with van der Waals surface area (Å²) in [5.41, 5.74) is 2.93. The molecule has 0 saturated heterocycles. The minimum absolute atomic E-state index is 0.243. The minimum atomic E-state index is -0.259. The van der Waals surface area contributed by atoms with Crippen molar-refractivity contribution in [1.29, 1.82) is 0 Å². The molecule has 0 unspecified atom stereocenters. The molecule has 1 heterocycles. The summed E-state index contributed by atoms with van der Waals surface area (Å²) in [6.07, 6.45) is 6.73. The Kier molecular flexibility index (Phi) is 2.60. The van der Waals surface area contributed by atoms with Gasteiger partial charge in [-0.1, -0.05) is 6.08 Å². The summed E-state index contributed by atoms with van der Waals surface area (Å²) in [5.74, 6) is 5.34. The third kappa shape index (κ3) is 2.50. The van der Waals surface area contributed by atoms with Crippen molar-refractivity contribution in [2.24, 2.45) is 10.9 Å². The summed E-state index contributed by atoms with van der Waals surface area (Å²) in [6, 6.07) is 0. The Labute approximate surface area is 76.8 Å². The van der Waals surface area contributed by atoms with Crippen LogP contribution in [-0.2, 0) is 4.79 Å². The molecule has 0 spiro atoms. The van der Waals surface area contributed by atoms with Crippen LogP contribution in [0.25, 0.3) is 0 Å². The van der Waals surface area contributed by atoms with Gasteiger partial charge in [-0.3, -0.25) is 5.43 Å². The van der Waals surface area contributed by atoms with Crippen LogP contribution < -0.4 is 11.3 Å². The van der Waals surface area contributed by atoms with Crippen molar-refractivity contribution in [3.05, 3.63) is 24.4 Å². The zero-order valence-electron chi connectivity index (χ0n) is 7.69. The van der Waals surface area contributed by atoms with Gasteiger partial charge in [0.25, 0.3) is 0 Å². The van der Waals surface area contributed by atoms with Crippen molar-refractivity contribution >= 4 is 11.6 Å². The van der Waals surface area contributed by atoms with Crippen molar-refractivity contribution in [1.82, 2.24) is 5.43 Å². The predicted molar refractivity (Wildman–Crippen MR) is 50.2 cm³/mol. The van der Waals surface area contributed by atoms with E-state index in [-0.39, 0.29) is 10.5 Å². The predicted octanol–water partition coefficient (Wildman–Crippen LogP) is -0.508. The Morgan fingerprint density at radius 2 is 2.23 bits per heavy atom. The molecule has 1 aliphatic heterocycles. The highest BCUT2D eigenvalue weighted by Crippen LogP contribution is 1.95. The van der Waals surface area contributed by atoms with Crippen LogP contribution >= 0.6 is 0 Å². The average molecular weight is 181 g/mol. The van der Waals surface area contributed by atoms with Crippen LogP contribution in [0.5, 0.6) is 0 Å².